The molecule has 5 heteroatoms. The summed E-state index contributed by atoms with van der Waals surface area (Å²) in [4.78, 5) is 25.9. The third-order valence-electron chi connectivity index (χ3n) is 2.75. The molecule has 0 heterocycles. The van der Waals surface area contributed by atoms with Crippen LogP contribution >= 0.6 is 11.8 Å². The van der Waals surface area contributed by atoms with Gasteiger partial charge in [0.15, 0.2) is 0 Å². The van der Waals surface area contributed by atoms with Crippen molar-refractivity contribution in [2.24, 2.45) is 5.73 Å². The van der Waals surface area contributed by atoms with Gasteiger partial charge in [-0.25, -0.2) is 0 Å². The Balaban J connectivity index is 2.81. The van der Waals surface area contributed by atoms with Crippen molar-refractivity contribution < 1.29 is 9.59 Å². The van der Waals surface area contributed by atoms with Crippen molar-refractivity contribution in [2.75, 3.05) is 19.3 Å². The molecule has 4 nitrogen and oxygen atoms in total. The molecule has 0 saturated heterocycles. The molecule has 0 radical (unpaired) electrons. The molecule has 2 amide bonds. The number of hydrogen-bond acceptors (Lipinski definition) is 3. The van der Waals surface area contributed by atoms with E-state index in [2.05, 4.69) is 0 Å². The number of nitrogens with two attached hydrogens (primary N) is 1. The van der Waals surface area contributed by atoms with Gasteiger partial charge in [-0.15, -0.1) is 11.8 Å². The van der Waals surface area contributed by atoms with Crippen LogP contribution in [0, 0.1) is 0 Å². The summed E-state index contributed by atoms with van der Waals surface area (Å²) in [5.41, 5.74) is 5.78. The molecule has 0 saturated carbocycles. The van der Waals surface area contributed by atoms with Gasteiger partial charge in [0.25, 0.3) is 5.91 Å². The third kappa shape index (κ3) is 4.95. The van der Waals surface area contributed by atoms with Crippen molar-refractivity contribution in [1.82, 2.24) is 4.90 Å². The highest BCUT2D eigenvalue weighted by molar-refractivity contribution is 7.98. The van der Waals surface area contributed by atoms with Gasteiger partial charge in [-0.2, -0.15) is 0 Å². The Morgan fingerprint density at radius 1 is 1.26 bits per heavy atom. The Hall–Kier alpha value is -1.49. The number of primary amides is 1. The Morgan fingerprint density at radius 3 is 2.37 bits per heavy atom. The molecular formula is C14H20N2O2S. The molecule has 0 aliphatic rings. The molecule has 1 rings (SSSR count). The minimum Gasteiger partial charge on any atom is -0.368 e. The number of benzene rings is 1. The van der Waals surface area contributed by atoms with E-state index >= 15 is 0 Å². The smallest absolute Gasteiger partial charge is 0.254 e. The maximum atomic E-state index is 12.3. The first kappa shape index (κ1) is 15.6. The van der Waals surface area contributed by atoms with Crippen molar-refractivity contribution in [2.45, 2.75) is 24.7 Å². The van der Waals surface area contributed by atoms with Crippen molar-refractivity contribution in [1.29, 1.82) is 0 Å². The number of nitrogens with zero attached hydrogens (tertiary/aromatic N) is 1. The van der Waals surface area contributed by atoms with Crippen LogP contribution in [0.15, 0.2) is 29.2 Å². The van der Waals surface area contributed by atoms with Crippen LogP contribution in [0.1, 0.15) is 30.1 Å². The standard InChI is InChI=1S/C14H20N2O2S/c1-3-4-9-16(10-13(15)17)14(18)11-5-7-12(19-2)8-6-11/h5-8H,3-4,9-10H2,1-2H3,(H2,15,17). The summed E-state index contributed by atoms with van der Waals surface area (Å²) in [6.07, 6.45) is 3.81. The normalized spacial score (nSPS) is 10.2. The molecule has 1 aromatic rings. The maximum Gasteiger partial charge on any atom is 0.254 e. The lowest BCUT2D eigenvalue weighted by Crippen LogP contribution is -2.39. The van der Waals surface area contributed by atoms with Crippen LogP contribution in [0.5, 0.6) is 0 Å². The number of rotatable bonds is 7. The Morgan fingerprint density at radius 2 is 1.89 bits per heavy atom. The summed E-state index contributed by atoms with van der Waals surface area (Å²) >= 11 is 1.62. The molecule has 0 fully saturated rings. The number of hydrogen-bond donors (Lipinski definition) is 1. The van der Waals surface area contributed by atoms with E-state index in [1.54, 1.807) is 23.9 Å². The summed E-state index contributed by atoms with van der Waals surface area (Å²) < 4.78 is 0. The zero-order chi connectivity index (χ0) is 14.3. The van der Waals surface area contributed by atoms with Gasteiger partial charge in [0.2, 0.25) is 5.91 Å². The molecule has 1 aromatic carbocycles. The van der Waals surface area contributed by atoms with Crippen LogP contribution in [0.4, 0.5) is 0 Å². The number of carbonyl (C=O) groups is 2. The van der Waals surface area contributed by atoms with Crippen molar-refractivity contribution >= 4 is 23.6 Å². The number of unbranched alkanes of at least 4 members (excludes halogenated alkanes) is 1. The molecule has 0 atom stereocenters. The van der Waals surface area contributed by atoms with Crippen LogP contribution in [-0.4, -0.2) is 36.1 Å². The summed E-state index contributed by atoms with van der Waals surface area (Å²) in [6.45, 7) is 2.58. The second kappa shape index (κ2) is 7.84. The van der Waals surface area contributed by atoms with E-state index in [1.807, 2.05) is 25.3 Å². The predicted octanol–water partition coefficient (Wildman–Crippen LogP) is 2.14. The molecule has 0 bridgehead atoms. The molecule has 2 N–H and O–H groups in total. The van der Waals surface area contributed by atoms with Gasteiger partial charge in [-0.1, -0.05) is 13.3 Å². The predicted molar refractivity (Wildman–Crippen MR) is 78.2 cm³/mol. The van der Waals surface area contributed by atoms with Crippen LogP contribution in [0.3, 0.4) is 0 Å². The van der Waals surface area contributed by atoms with Crippen LogP contribution < -0.4 is 5.73 Å². The van der Waals surface area contributed by atoms with Crippen molar-refractivity contribution in [3.8, 4) is 0 Å². The summed E-state index contributed by atoms with van der Waals surface area (Å²) in [5.74, 6) is -0.620. The van der Waals surface area contributed by atoms with E-state index in [-0.39, 0.29) is 12.5 Å². The highest BCUT2D eigenvalue weighted by Crippen LogP contribution is 2.16. The van der Waals surface area contributed by atoms with E-state index in [4.69, 9.17) is 5.73 Å². The van der Waals surface area contributed by atoms with Crippen molar-refractivity contribution in [3.05, 3.63) is 29.8 Å². The average Bonchev–Trinajstić information content (AvgIpc) is 2.42. The van der Waals surface area contributed by atoms with Gasteiger partial charge in [0.05, 0.1) is 6.54 Å². The molecule has 104 valence electrons. The van der Waals surface area contributed by atoms with Gasteiger partial charge in [-0.3, -0.25) is 9.59 Å². The van der Waals surface area contributed by atoms with E-state index in [0.717, 1.165) is 17.7 Å². The Kier molecular flexibility index (Phi) is 6.42. The molecule has 0 aliphatic heterocycles. The fraction of sp³-hybridized carbons (Fsp3) is 0.429. The fourth-order valence-corrected chi connectivity index (χ4v) is 2.11. The van der Waals surface area contributed by atoms with Gasteiger partial charge in [0.1, 0.15) is 0 Å². The highest BCUT2D eigenvalue weighted by Gasteiger charge is 2.16. The first-order chi connectivity index (χ1) is 9.08. The summed E-state index contributed by atoms with van der Waals surface area (Å²) in [7, 11) is 0. The van der Waals surface area contributed by atoms with E-state index in [1.165, 1.54) is 4.90 Å². The molecule has 19 heavy (non-hydrogen) atoms. The second-order valence-electron chi connectivity index (χ2n) is 4.28. The monoisotopic (exact) mass is 280 g/mol. The first-order valence-electron chi connectivity index (χ1n) is 6.30. The number of thioether (sulfide) groups is 1. The molecular weight excluding hydrogens is 260 g/mol. The third-order valence-corrected chi connectivity index (χ3v) is 3.50. The lowest BCUT2D eigenvalue weighted by atomic mass is 10.2. The van der Waals surface area contributed by atoms with Gasteiger partial charge in [0, 0.05) is 17.0 Å². The maximum absolute atomic E-state index is 12.3. The Bertz CT molecular complexity index is 432. The quantitative estimate of drug-likeness (QED) is 0.778. The van der Waals surface area contributed by atoms with Crippen LogP contribution in [-0.2, 0) is 4.79 Å². The summed E-state index contributed by atoms with van der Waals surface area (Å²) in [5, 5.41) is 0. The molecule has 0 aromatic heterocycles. The SMILES string of the molecule is CCCCN(CC(N)=O)C(=O)c1ccc(SC)cc1. The largest absolute Gasteiger partial charge is 0.368 e. The topological polar surface area (TPSA) is 63.4 Å². The minimum atomic E-state index is -0.481. The second-order valence-corrected chi connectivity index (χ2v) is 5.15. The van der Waals surface area contributed by atoms with Crippen LogP contribution in [0.2, 0.25) is 0 Å². The number of carbonyl (C=O) groups excluding carboxylic acids is 2. The van der Waals surface area contributed by atoms with Crippen molar-refractivity contribution in [3.63, 3.8) is 0 Å². The first-order valence-corrected chi connectivity index (χ1v) is 7.52. The Labute approximate surface area is 118 Å². The lowest BCUT2D eigenvalue weighted by molar-refractivity contribution is -0.118. The van der Waals surface area contributed by atoms with E-state index in [0.29, 0.717) is 12.1 Å². The zero-order valence-corrected chi connectivity index (χ0v) is 12.2. The van der Waals surface area contributed by atoms with Gasteiger partial charge < -0.3 is 10.6 Å². The average molecular weight is 280 g/mol. The zero-order valence-electron chi connectivity index (χ0n) is 11.4. The molecule has 0 unspecified atom stereocenters. The van der Waals surface area contributed by atoms with E-state index in [9.17, 15) is 9.59 Å². The summed E-state index contributed by atoms with van der Waals surface area (Å²) in [6, 6.07) is 7.38. The number of amides is 2. The molecule has 0 aliphatic carbocycles. The van der Waals surface area contributed by atoms with E-state index < -0.39 is 5.91 Å². The van der Waals surface area contributed by atoms with Gasteiger partial charge >= 0.3 is 0 Å². The lowest BCUT2D eigenvalue weighted by Gasteiger charge is -2.21. The molecule has 0 spiro atoms. The highest BCUT2D eigenvalue weighted by atomic mass is 32.2. The van der Waals surface area contributed by atoms with Crippen LogP contribution in [0.25, 0.3) is 0 Å². The fourth-order valence-electron chi connectivity index (χ4n) is 1.71. The minimum absolute atomic E-state index is 0.0247. The van der Waals surface area contributed by atoms with Gasteiger partial charge in [-0.05, 0) is 36.9 Å².